The predicted octanol–water partition coefficient (Wildman–Crippen LogP) is 4.35. The third-order valence-corrected chi connectivity index (χ3v) is 6.69. The smallest absolute Gasteiger partial charge is 0.251 e. The van der Waals surface area contributed by atoms with Gasteiger partial charge in [-0.25, -0.2) is 9.37 Å². The van der Waals surface area contributed by atoms with Crippen LogP contribution < -0.4 is 5.32 Å². The van der Waals surface area contributed by atoms with Crippen molar-refractivity contribution in [1.29, 1.82) is 0 Å². The van der Waals surface area contributed by atoms with Gasteiger partial charge in [-0.05, 0) is 54.8 Å². The maximum absolute atomic E-state index is 13.1. The van der Waals surface area contributed by atoms with Crippen LogP contribution in [0.2, 0.25) is 5.02 Å². The second-order valence-corrected chi connectivity index (χ2v) is 9.12. The Morgan fingerprint density at radius 1 is 1.16 bits per heavy atom. The van der Waals surface area contributed by atoms with Crippen molar-refractivity contribution in [1.82, 2.24) is 15.2 Å². The number of carbonyl (C=O) groups excluding carboxylic acids is 1. The van der Waals surface area contributed by atoms with Crippen LogP contribution in [0.5, 0.6) is 0 Å². The summed E-state index contributed by atoms with van der Waals surface area (Å²) in [6, 6.07) is 13.2. The highest BCUT2D eigenvalue weighted by molar-refractivity contribution is 7.09. The highest BCUT2D eigenvalue weighted by atomic mass is 35.5. The number of carbonyl (C=O) groups is 1. The Balaban J connectivity index is 1.36. The van der Waals surface area contributed by atoms with Gasteiger partial charge in [0.15, 0.2) is 0 Å². The van der Waals surface area contributed by atoms with Gasteiger partial charge in [-0.3, -0.25) is 9.69 Å². The number of nitrogens with zero attached hydrogens (tertiary/aromatic N) is 2. The van der Waals surface area contributed by atoms with Crippen molar-refractivity contribution in [3.8, 4) is 0 Å². The number of rotatable bonds is 6. The van der Waals surface area contributed by atoms with Gasteiger partial charge in [-0.2, -0.15) is 0 Å². The number of piperidine rings is 1. The molecule has 0 atom stereocenters. The molecule has 3 aromatic rings. The van der Waals surface area contributed by atoms with E-state index in [4.69, 9.17) is 11.6 Å². The van der Waals surface area contributed by atoms with Crippen LogP contribution in [-0.4, -0.2) is 34.0 Å². The SMILES string of the molecule is O=C(NCc1scnc1C1(O)CCN(Cc2ccc(F)cc2)CC1)c1ccc(Cl)cc1. The molecule has 0 radical (unpaired) electrons. The van der Waals surface area contributed by atoms with Crippen molar-refractivity contribution in [2.24, 2.45) is 0 Å². The van der Waals surface area contributed by atoms with Crippen LogP contribution in [0.3, 0.4) is 0 Å². The lowest BCUT2D eigenvalue weighted by Crippen LogP contribution is -2.43. The van der Waals surface area contributed by atoms with E-state index in [0.29, 0.717) is 48.8 Å². The molecule has 1 aliphatic heterocycles. The summed E-state index contributed by atoms with van der Waals surface area (Å²) < 4.78 is 13.1. The molecular weight excluding hydrogens is 437 g/mol. The number of amides is 1. The van der Waals surface area contributed by atoms with Crippen LogP contribution in [-0.2, 0) is 18.7 Å². The van der Waals surface area contributed by atoms with E-state index in [1.807, 2.05) is 0 Å². The Hall–Kier alpha value is -2.32. The maximum atomic E-state index is 13.1. The van der Waals surface area contributed by atoms with Gasteiger partial charge >= 0.3 is 0 Å². The number of hydrogen-bond acceptors (Lipinski definition) is 5. The molecule has 0 saturated carbocycles. The van der Waals surface area contributed by atoms with Crippen molar-refractivity contribution >= 4 is 28.8 Å². The number of halogens is 2. The third kappa shape index (κ3) is 5.30. The van der Waals surface area contributed by atoms with Crippen molar-refractivity contribution in [2.75, 3.05) is 13.1 Å². The first kappa shape index (κ1) is 21.9. The van der Waals surface area contributed by atoms with Gasteiger partial charge in [-0.15, -0.1) is 11.3 Å². The fourth-order valence-corrected chi connectivity index (χ4v) is 4.73. The molecule has 8 heteroatoms. The molecule has 1 amide bonds. The molecule has 1 aliphatic rings. The maximum Gasteiger partial charge on any atom is 0.251 e. The summed E-state index contributed by atoms with van der Waals surface area (Å²) in [5.41, 5.74) is 2.92. The molecule has 1 aromatic heterocycles. The lowest BCUT2D eigenvalue weighted by Gasteiger charge is -2.37. The van der Waals surface area contributed by atoms with E-state index in [2.05, 4.69) is 15.2 Å². The molecule has 5 nitrogen and oxygen atoms in total. The molecule has 0 aliphatic carbocycles. The Kier molecular flexibility index (Phi) is 6.67. The van der Waals surface area contributed by atoms with Crippen molar-refractivity contribution in [3.63, 3.8) is 0 Å². The Morgan fingerprint density at radius 3 is 2.52 bits per heavy atom. The summed E-state index contributed by atoms with van der Waals surface area (Å²) in [6.07, 6.45) is 1.10. The van der Waals surface area contributed by atoms with Crippen LogP contribution in [0.1, 0.15) is 39.3 Å². The van der Waals surface area contributed by atoms with Gasteiger partial charge in [0.05, 0.1) is 17.7 Å². The molecule has 2 N–H and O–H groups in total. The first-order chi connectivity index (χ1) is 14.9. The molecular formula is C23H23ClFN3O2S. The van der Waals surface area contributed by atoms with E-state index in [9.17, 15) is 14.3 Å². The number of aliphatic hydroxyl groups is 1. The quantitative estimate of drug-likeness (QED) is 0.575. The zero-order chi connectivity index (χ0) is 21.8. The van der Waals surface area contributed by atoms with Crippen molar-refractivity contribution < 1.29 is 14.3 Å². The van der Waals surface area contributed by atoms with Gasteiger partial charge in [0, 0.05) is 35.1 Å². The van der Waals surface area contributed by atoms with Crippen LogP contribution in [0.15, 0.2) is 54.0 Å². The van der Waals surface area contributed by atoms with E-state index in [-0.39, 0.29) is 11.7 Å². The van der Waals surface area contributed by atoms with E-state index in [1.165, 1.54) is 23.5 Å². The summed E-state index contributed by atoms with van der Waals surface area (Å²) in [4.78, 5) is 19.9. The molecule has 0 bridgehead atoms. The molecule has 2 heterocycles. The number of likely N-dealkylation sites (tertiary alicyclic amines) is 1. The minimum absolute atomic E-state index is 0.197. The fraction of sp³-hybridized carbons (Fsp3) is 0.304. The standard InChI is InChI=1S/C23H23ClFN3O2S/c24-18-5-3-17(4-6-18)22(29)26-13-20-21(27-15-31-20)23(30)9-11-28(12-10-23)14-16-1-7-19(25)8-2-16/h1-8,15,30H,9-14H2,(H,26,29). The van der Waals surface area contributed by atoms with E-state index < -0.39 is 5.60 Å². The van der Waals surface area contributed by atoms with Gasteiger partial charge in [0.25, 0.3) is 5.91 Å². The highest BCUT2D eigenvalue weighted by Gasteiger charge is 2.37. The Bertz CT molecular complexity index is 1030. The Labute approximate surface area is 189 Å². The summed E-state index contributed by atoms with van der Waals surface area (Å²) in [5, 5.41) is 14.8. The summed E-state index contributed by atoms with van der Waals surface area (Å²) in [6.45, 7) is 2.45. The summed E-state index contributed by atoms with van der Waals surface area (Å²) in [7, 11) is 0. The van der Waals surface area contributed by atoms with Gasteiger partial charge < -0.3 is 10.4 Å². The number of nitrogens with one attached hydrogen (secondary N) is 1. The van der Waals surface area contributed by atoms with Crippen molar-refractivity contribution in [3.05, 3.63) is 86.6 Å². The van der Waals surface area contributed by atoms with Crippen LogP contribution >= 0.6 is 22.9 Å². The van der Waals surface area contributed by atoms with Crippen LogP contribution in [0, 0.1) is 5.82 Å². The minimum atomic E-state index is -1.01. The minimum Gasteiger partial charge on any atom is -0.383 e. The van der Waals surface area contributed by atoms with Gasteiger partial charge in [0.2, 0.25) is 0 Å². The predicted molar refractivity (Wildman–Crippen MR) is 120 cm³/mol. The van der Waals surface area contributed by atoms with Crippen LogP contribution in [0.4, 0.5) is 4.39 Å². The number of aromatic nitrogens is 1. The number of thiazole rings is 1. The lowest BCUT2D eigenvalue weighted by molar-refractivity contribution is -0.0313. The van der Waals surface area contributed by atoms with E-state index in [0.717, 1.165) is 17.0 Å². The normalized spacial score (nSPS) is 16.2. The zero-order valence-electron chi connectivity index (χ0n) is 16.9. The molecule has 31 heavy (non-hydrogen) atoms. The second-order valence-electron chi connectivity index (χ2n) is 7.75. The number of hydrogen-bond donors (Lipinski definition) is 2. The summed E-state index contributed by atoms with van der Waals surface area (Å²) in [5.74, 6) is -0.437. The van der Waals surface area contributed by atoms with Gasteiger partial charge in [0.1, 0.15) is 11.4 Å². The molecule has 1 fully saturated rings. The zero-order valence-corrected chi connectivity index (χ0v) is 18.4. The first-order valence-electron chi connectivity index (χ1n) is 10.1. The third-order valence-electron chi connectivity index (χ3n) is 5.60. The highest BCUT2D eigenvalue weighted by Crippen LogP contribution is 2.35. The molecule has 0 spiro atoms. The van der Waals surface area contributed by atoms with Gasteiger partial charge in [-0.1, -0.05) is 23.7 Å². The van der Waals surface area contributed by atoms with Crippen molar-refractivity contribution in [2.45, 2.75) is 31.5 Å². The largest absolute Gasteiger partial charge is 0.383 e. The molecule has 2 aromatic carbocycles. The van der Waals surface area contributed by atoms with Crippen LogP contribution in [0.25, 0.3) is 0 Å². The molecule has 0 unspecified atom stereocenters. The Morgan fingerprint density at radius 2 is 1.84 bits per heavy atom. The molecule has 1 saturated heterocycles. The van der Waals surface area contributed by atoms with E-state index in [1.54, 1.807) is 41.9 Å². The molecule has 162 valence electrons. The average Bonchev–Trinajstić information content (AvgIpc) is 3.25. The fourth-order valence-electron chi connectivity index (χ4n) is 3.81. The molecule has 4 rings (SSSR count). The number of benzene rings is 2. The lowest BCUT2D eigenvalue weighted by atomic mass is 9.87. The first-order valence-corrected chi connectivity index (χ1v) is 11.3. The average molecular weight is 460 g/mol. The second kappa shape index (κ2) is 9.44. The monoisotopic (exact) mass is 459 g/mol. The topological polar surface area (TPSA) is 65.5 Å². The summed E-state index contributed by atoms with van der Waals surface area (Å²) >= 11 is 7.30. The van der Waals surface area contributed by atoms with E-state index >= 15 is 0 Å².